The van der Waals surface area contributed by atoms with Gasteiger partial charge in [0.25, 0.3) is 5.91 Å². The van der Waals surface area contributed by atoms with Crippen LogP contribution in [0.1, 0.15) is 23.0 Å². The van der Waals surface area contributed by atoms with Gasteiger partial charge in [0.1, 0.15) is 11.4 Å². The van der Waals surface area contributed by atoms with E-state index in [-0.39, 0.29) is 5.91 Å². The number of carbonyl (C=O) groups excluding carboxylic acids is 1. The van der Waals surface area contributed by atoms with Gasteiger partial charge in [-0.1, -0.05) is 30.3 Å². The zero-order valence-corrected chi connectivity index (χ0v) is 15.2. The van der Waals surface area contributed by atoms with Crippen molar-refractivity contribution >= 4 is 17.5 Å². The Morgan fingerprint density at radius 1 is 1.04 bits per heavy atom. The number of ether oxygens (including phenoxy) is 1. The molecule has 1 aromatic heterocycles. The normalized spacial score (nSPS) is 10.3. The van der Waals surface area contributed by atoms with E-state index in [0.717, 1.165) is 12.2 Å². The average molecular weight is 362 g/mol. The van der Waals surface area contributed by atoms with Crippen LogP contribution in [-0.2, 0) is 6.42 Å². The molecule has 1 amide bonds. The van der Waals surface area contributed by atoms with E-state index in [0.29, 0.717) is 30.5 Å². The van der Waals surface area contributed by atoms with Gasteiger partial charge in [0, 0.05) is 18.4 Å². The van der Waals surface area contributed by atoms with Gasteiger partial charge in [-0.15, -0.1) is 0 Å². The summed E-state index contributed by atoms with van der Waals surface area (Å²) in [5.74, 6) is 0.917. The second-order valence-electron chi connectivity index (χ2n) is 5.84. The minimum Gasteiger partial charge on any atom is -0.494 e. The minimum absolute atomic E-state index is 0.285. The van der Waals surface area contributed by atoms with E-state index in [9.17, 15) is 4.79 Å². The number of rotatable bonds is 8. The molecule has 2 aromatic carbocycles. The maximum atomic E-state index is 12.4. The monoisotopic (exact) mass is 362 g/mol. The summed E-state index contributed by atoms with van der Waals surface area (Å²) in [6.07, 6.45) is 2.43. The van der Waals surface area contributed by atoms with Crippen molar-refractivity contribution in [2.75, 3.05) is 23.8 Å². The summed E-state index contributed by atoms with van der Waals surface area (Å²) >= 11 is 0. The first kappa shape index (κ1) is 18.4. The Morgan fingerprint density at radius 3 is 2.56 bits per heavy atom. The molecule has 2 N–H and O–H groups in total. The van der Waals surface area contributed by atoms with E-state index in [1.807, 2.05) is 37.3 Å². The van der Waals surface area contributed by atoms with E-state index < -0.39 is 0 Å². The summed E-state index contributed by atoms with van der Waals surface area (Å²) in [5.41, 5.74) is 2.22. The fourth-order valence-electron chi connectivity index (χ4n) is 2.53. The van der Waals surface area contributed by atoms with Crippen LogP contribution < -0.4 is 15.4 Å². The Morgan fingerprint density at radius 2 is 1.81 bits per heavy atom. The van der Waals surface area contributed by atoms with Crippen LogP contribution in [-0.4, -0.2) is 29.0 Å². The number of nitrogens with zero attached hydrogens (tertiary/aromatic N) is 2. The van der Waals surface area contributed by atoms with Crippen molar-refractivity contribution in [3.05, 3.63) is 78.1 Å². The van der Waals surface area contributed by atoms with Crippen molar-refractivity contribution in [3.8, 4) is 5.75 Å². The zero-order chi connectivity index (χ0) is 18.9. The van der Waals surface area contributed by atoms with Crippen LogP contribution in [0.15, 0.2) is 66.9 Å². The Hall–Kier alpha value is -3.41. The molecule has 0 aliphatic carbocycles. The predicted molar refractivity (Wildman–Crippen MR) is 106 cm³/mol. The van der Waals surface area contributed by atoms with Crippen molar-refractivity contribution in [2.24, 2.45) is 0 Å². The average Bonchev–Trinajstić information content (AvgIpc) is 2.71. The summed E-state index contributed by atoms with van der Waals surface area (Å²) in [6.45, 7) is 3.22. The molecule has 27 heavy (non-hydrogen) atoms. The number of aromatic nitrogens is 2. The molecule has 0 fully saturated rings. The molecule has 0 saturated carbocycles. The fourth-order valence-corrected chi connectivity index (χ4v) is 2.53. The zero-order valence-electron chi connectivity index (χ0n) is 15.2. The van der Waals surface area contributed by atoms with Crippen molar-refractivity contribution in [2.45, 2.75) is 13.3 Å². The molecule has 0 spiro atoms. The Bertz CT molecular complexity index is 867. The number of hydrogen-bond donors (Lipinski definition) is 2. The van der Waals surface area contributed by atoms with E-state index in [4.69, 9.17) is 4.74 Å². The Balaban J connectivity index is 1.56. The number of anilines is 2. The molecule has 3 rings (SSSR count). The third kappa shape index (κ3) is 5.54. The lowest BCUT2D eigenvalue weighted by atomic mass is 10.1. The first-order valence-corrected chi connectivity index (χ1v) is 8.89. The summed E-state index contributed by atoms with van der Waals surface area (Å²) in [4.78, 5) is 20.9. The number of nitrogens with one attached hydrogen (secondary N) is 2. The van der Waals surface area contributed by atoms with Crippen LogP contribution in [0.5, 0.6) is 5.75 Å². The summed E-state index contributed by atoms with van der Waals surface area (Å²) in [6, 6.07) is 19.0. The van der Waals surface area contributed by atoms with Crippen molar-refractivity contribution in [1.29, 1.82) is 0 Å². The van der Waals surface area contributed by atoms with Crippen LogP contribution in [0, 0.1) is 0 Å². The van der Waals surface area contributed by atoms with Gasteiger partial charge < -0.3 is 15.4 Å². The van der Waals surface area contributed by atoms with E-state index in [2.05, 4.69) is 32.7 Å². The third-order valence-electron chi connectivity index (χ3n) is 3.85. The van der Waals surface area contributed by atoms with E-state index >= 15 is 0 Å². The van der Waals surface area contributed by atoms with Crippen LogP contribution in [0.25, 0.3) is 0 Å². The lowest BCUT2D eigenvalue weighted by Crippen LogP contribution is -2.16. The Labute approximate surface area is 158 Å². The number of amides is 1. The van der Waals surface area contributed by atoms with Crippen molar-refractivity contribution < 1.29 is 9.53 Å². The standard InChI is InChI=1S/C21H22N4O2/c1-2-27-18-10-8-17(9-11-18)24-20(26)19-13-15-23-21(25-19)22-14-12-16-6-4-3-5-7-16/h3-11,13,15H,2,12,14H2,1H3,(H,24,26)(H,22,23,25). The van der Waals surface area contributed by atoms with E-state index in [1.54, 1.807) is 24.4 Å². The van der Waals surface area contributed by atoms with Gasteiger partial charge in [0.2, 0.25) is 5.95 Å². The molecule has 0 radical (unpaired) electrons. The highest BCUT2D eigenvalue weighted by atomic mass is 16.5. The fraction of sp³-hybridized carbons (Fsp3) is 0.190. The van der Waals surface area contributed by atoms with Gasteiger partial charge in [-0.2, -0.15) is 0 Å². The highest BCUT2D eigenvalue weighted by Crippen LogP contribution is 2.16. The topological polar surface area (TPSA) is 76.1 Å². The minimum atomic E-state index is -0.285. The maximum Gasteiger partial charge on any atom is 0.274 e. The number of carbonyl (C=O) groups is 1. The van der Waals surface area contributed by atoms with Gasteiger partial charge in [0.05, 0.1) is 6.61 Å². The molecule has 0 aliphatic heterocycles. The van der Waals surface area contributed by atoms with Crippen LogP contribution in [0.4, 0.5) is 11.6 Å². The first-order chi connectivity index (χ1) is 13.2. The van der Waals surface area contributed by atoms with E-state index in [1.165, 1.54) is 5.56 Å². The number of hydrogen-bond acceptors (Lipinski definition) is 5. The molecular weight excluding hydrogens is 340 g/mol. The second kappa shape index (κ2) is 9.33. The molecular formula is C21H22N4O2. The third-order valence-corrected chi connectivity index (χ3v) is 3.85. The highest BCUT2D eigenvalue weighted by Gasteiger charge is 2.09. The second-order valence-corrected chi connectivity index (χ2v) is 5.84. The molecule has 0 unspecified atom stereocenters. The first-order valence-electron chi connectivity index (χ1n) is 8.89. The maximum absolute atomic E-state index is 12.4. The molecule has 0 bridgehead atoms. The van der Waals surface area contributed by atoms with Gasteiger partial charge >= 0.3 is 0 Å². The lowest BCUT2D eigenvalue weighted by Gasteiger charge is -2.08. The lowest BCUT2D eigenvalue weighted by molar-refractivity contribution is 0.102. The van der Waals surface area contributed by atoms with Gasteiger partial charge in [-0.25, -0.2) is 9.97 Å². The number of benzene rings is 2. The molecule has 0 saturated heterocycles. The molecule has 6 nitrogen and oxygen atoms in total. The van der Waals surface area contributed by atoms with Gasteiger partial charge in [-0.05, 0) is 49.2 Å². The molecule has 0 aliphatic rings. The molecule has 6 heteroatoms. The molecule has 3 aromatic rings. The predicted octanol–water partition coefficient (Wildman–Crippen LogP) is 3.78. The van der Waals surface area contributed by atoms with Crippen LogP contribution in [0.2, 0.25) is 0 Å². The van der Waals surface area contributed by atoms with Crippen molar-refractivity contribution in [3.63, 3.8) is 0 Å². The van der Waals surface area contributed by atoms with Crippen molar-refractivity contribution in [1.82, 2.24) is 9.97 Å². The largest absolute Gasteiger partial charge is 0.494 e. The quantitative estimate of drug-likeness (QED) is 0.638. The Kier molecular flexibility index (Phi) is 6.35. The van der Waals surface area contributed by atoms with Gasteiger partial charge in [0.15, 0.2) is 0 Å². The van der Waals surface area contributed by atoms with Crippen LogP contribution in [0.3, 0.4) is 0 Å². The summed E-state index contributed by atoms with van der Waals surface area (Å²) in [7, 11) is 0. The highest BCUT2D eigenvalue weighted by molar-refractivity contribution is 6.02. The van der Waals surface area contributed by atoms with Gasteiger partial charge in [-0.3, -0.25) is 4.79 Å². The van der Waals surface area contributed by atoms with Crippen LogP contribution >= 0.6 is 0 Å². The molecule has 0 atom stereocenters. The molecule has 138 valence electrons. The molecule has 1 heterocycles. The summed E-state index contributed by atoms with van der Waals surface area (Å²) in [5, 5.41) is 5.98. The summed E-state index contributed by atoms with van der Waals surface area (Å²) < 4.78 is 5.39. The SMILES string of the molecule is CCOc1ccc(NC(=O)c2ccnc(NCCc3ccccc3)n2)cc1. The smallest absolute Gasteiger partial charge is 0.274 e.